The van der Waals surface area contributed by atoms with Crippen LogP contribution >= 0.6 is 0 Å². The van der Waals surface area contributed by atoms with Gasteiger partial charge in [-0.25, -0.2) is 5.43 Å². The highest BCUT2D eigenvalue weighted by Gasteiger charge is 2.09. The molecule has 0 unspecified atom stereocenters. The highest BCUT2D eigenvalue weighted by molar-refractivity contribution is 5.86. The fraction of sp³-hybridized carbons (Fsp3) is 0.125. The average Bonchev–Trinajstić information content (AvgIpc) is 2.61. The van der Waals surface area contributed by atoms with Crippen molar-refractivity contribution < 1.29 is 19.6 Å². The van der Waals surface area contributed by atoms with Gasteiger partial charge in [0.15, 0.2) is 0 Å². The molecule has 0 atom stereocenters. The monoisotopic (exact) mass is 344 g/mol. The first-order valence-corrected chi connectivity index (χ1v) is 7.17. The predicted molar refractivity (Wildman–Crippen MR) is 92.0 cm³/mol. The van der Waals surface area contributed by atoms with Crippen LogP contribution in [0.1, 0.15) is 5.56 Å². The van der Waals surface area contributed by atoms with E-state index in [0.717, 1.165) is 12.3 Å². The van der Waals surface area contributed by atoms with Crippen molar-refractivity contribution in [2.24, 2.45) is 5.10 Å². The minimum absolute atomic E-state index is 0.0363. The fourth-order valence-electron chi connectivity index (χ4n) is 1.89. The van der Waals surface area contributed by atoms with Crippen molar-refractivity contribution in [3.63, 3.8) is 0 Å². The standard InChI is InChI=1S/C16H16N4O5/c1-25-14-4-2-3-12(8-14)17-10-16(22)19-18-9-11-7-13(20(23)24)5-6-15(11)21/h2-9,17,21H,10H2,1H3,(H,19,22)/b18-9-. The molecule has 2 aromatic rings. The van der Waals surface area contributed by atoms with E-state index in [4.69, 9.17) is 4.74 Å². The molecule has 130 valence electrons. The third-order valence-electron chi connectivity index (χ3n) is 3.14. The van der Waals surface area contributed by atoms with E-state index < -0.39 is 10.8 Å². The number of phenolic OH excluding ortho intramolecular Hbond substituents is 1. The highest BCUT2D eigenvalue weighted by Crippen LogP contribution is 2.21. The number of carbonyl (C=O) groups excluding carboxylic acids is 1. The first kappa shape index (κ1) is 17.7. The smallest absolute Gasteiger partial charge is 0.270 e. The average molecular weight is 344 g/mol. The largest absolute Gasteiger partial charge is 0.507 e. The van der Waals surface area contributed by atoms with Crippen LogP contribution < -0.4 is 15.5 Å². The molecule has 0 aromatic heterocycles. The number of non-ortho nitro benzene ring substituents is 1. The van der Waals surface area contributed by atoms with Crippen molar-refractivity contribution in [2.75, 3.05) is 19.0 Å². The van der Waals surface area contributed by atoms with Crippen LogP contribution in [0.2, 0.25) is 0 Å². The number of nitro benzene ring substituents is 1. The number of carbonyl (C=O) groups is 1. The number of benzene rings is 2. The van der Waals surface area contributed by atoms with Gasteiger partial charge >= 0.3 is 0 Å². The number of ether oxygens (including phenoxy) is 1. The fourth-order valence-corrected chi connectivity index (χ4v) is 1.89. The lowest BCUT2D eigenvalue weighted by atomic mass is 10.2. The third kappa shape index (κ3) is 5.20. The number of hydrazone groups is 1. The molecule has 2 aromatic carbocycles. The Morgan fingerprint density at radius 1 is 1.36 bits per heavy atom. The van der Waals surface area contributed by atoms with E-state index in [1.54, 1.807) is 31.4 Å². The first-order valence-electron chi connectivity index (χ1n) is 7.17. The number of anilines is 1. The summed E-state index contributed by atoms with van der Waals surface area (Å²) in [7, 11) is 1.55. The number of hydrogen-bond donors (Lipinski definition) is 3. The molecule has 0 radical (unpaired) electrons. The highest BCUT2D eigenvalue weighted by atomic mass is 16.6. The van der Waals surface area contributed by atoms with Crippen LogP contribution in [0.25, 0.3) is 0 Å². The molecular weight excluding hydrogens is 328 g/mol. The molecular formula is C16H16N4O5. The molecule has 0 saturated carbocycles. The Kier molecular flexibility index (Phi) is 5.88. The van der Waals surface area contributed by atoms with Gasteiger partial charge in [0.2, 0.25) is 0 Å². The van der Waals surface area contributed by atoms with E-state index in [0.29, 0.717) is 11.4 Å². The number of nitrogens with one attached hydrogen (secondary N) is 2. The molecule has 25 heavy (non-hydrogen) atoms. The summed E-state index contributed by atoms with van der Waals surface area (Å²) in [6.07, 6.45) is 1.13. The first-order chi connectivity index (χ1) is 12.0. The van der Waals surface area contributed by atoms with Crippen LogP contribution in [0.4, 0.5) is 11.4 Å². The molecule has 0 bridgehead atoms. The molecule has 0 spiro atoms. The Morgan fingerprint density at radius 3 is 2.88 bits per heavy atom. The molecule has 0 aliphatic heterocycles. The van der Waals surface area contributed by atoms with E-state index in [9.17, 15) is 20.0 Å². The summed E-state index contributed by atoms with van der Waals surface area (Å²) in [6, 6.07) is 10.6. The number of nitrogens with zero attached hydrogens (tertiary/aromatic N) is 2. The second-order valence-corrected chi connectivity index (χ2v) is 4.88. The third-order valence-corrected chi connectivity index (χ3v) is 3.14. The summed E-state index contributed by atoms with van der Waals surface area (Å²) in [6.45, 7) is -0.0363. The van der Waals surface area contributed by atoms with Crippen LogP contribution in [-0.4, -0.2) is 35.8 Å². The van der Waals surface area contributed by atoms with Gasteiger partial charge in [0.1, 0.15) is 11.5 Å². The van der Waals surface area contributed by atoms with Crippen molar-refractivity contribution in [3.8, 4) is 11.5 Å². The van der Waals surface area contributed by atoms with E-state index in [-0.39, 0.29) is 23.5 Å². The van der Waals surface area contributed by atoms with Crippen LogP contribution in [-0.2, 0) is 4.79 Å². The summed E-state index contributed by atoms with van der Waals surface area (Å²) in [5, 5.41) is 26.9. The maximum Gasteiger partial charge on any atom is 0.270 e. The van der Waals surface area contributed by atoms with Gasteiger partial charge in [-0.3, -0.25) is 14.9 Å². The number of methoxy groups -OCH3 is 1. The SMILES string of the molecule is COc1cccc(NCC(=O)N/N=C\c2cc([N+](=O)[O-])ccc2O)c1. The topological polar surface area (TPSA) is 126 Å². The van der Waals surface area contributed by atoms with Crippen molar-refractivity contribution in [2.45, 2.75) is 0 Å². The van der Waals surface area contributed by atoms with Crippen molar-refractivity contribution in [3.05, 3.63) is 58.1 Å². The molecule has 0 aliphatic rings. The molecule has 3 N–H and O–H groups in total. The predicted octanol–water partition coefficient (Wildman–Crippen LogP) is 1.87. The summed E-state index contributed by atoms with van der Waals surface area (Å²) >= 11 is 0. The molecule has 0 saturated heterocycles. The lowest BCUT2D eigenvalue weighted by Gasteiger charge is -2.07. The molecule has 0 heterocycles. The van der Waals surface area contributed by atoms with Crippen LogP contribution in [0, 0.1) is 10.1 Å². The number of amides is 1. The van der Waals surface area contributed by atoms with E-state index >= 15 is 0 Å². The molecule has 2 rings (SSSR count). The molecule has 0 aliphatic carbocycles. The minimum Gasteiger partial charge on any atom is -0.507 e. The number of aromatic hydroxyl groups is 1. The molecule has 0 fully saturated rings. The van der Waals surface area contributed by atoms with E-state index in [2.05, 4.69) is 15.8 Å². The summed E-state index contributed by atoms with van der Waals surface area (Å²) in [5.41, 5.74) is 2.90. The van der Waals surface area contributed by atoms with Crippen molar-refractivity contribution in [1.29, 1.82) is 0 Å². The van der Waals surface area contributed by atoms with Gasteiger partial charge in [-0.2, -0.15) is 5.10 Å². The second-order valence-electron chi connectivity index (χ2n) is 4.88. The lowest BCUT2D eigenvalue weighted by Crippen LogP contribution is -2.25. The zero-order chi connectivity index (χ0) is 18.2. The Labute approximate surface area is 143 Å². The van der Waals surface area contributed by atoms with Gasteiger partial charge in [-0.15, -0.1) is 0 Å². The summed E-state index contributed by atoms with van der Waals surface area (Å²) < 4.78 is 5.08. The minimum atomic E-state index is -0.590. The van der Waals surface area contributed by atoms with Crippen LogP contribution in [0.15, 0.2) is 47.6 Å². The van der Waals surface area contributed by atoms with Crippen LogP contribution in [0.3, 0.4) is 0 Å². The van der Waals surface area contributed by atoms with Gasteiger partial charge in [0.05, 0.1) is 24.8 Å². The Balaban J connectivity index is 1.90. The van der Waals surface area contributed by atoms with Crippen molar-refractivity contribution >= 4 is 23.5 Å². The zero-order valence-corrected chi connectivity index (χ0v) is 13.3. The number of phenols is 1. The van der Waals surface area contributed by atoms with Gasteiger partial charge < -0.3 is 15.2 Å². The van der Waals surface area contributed by atoms with Crippen molar-refractivity contribution in [1.82, 2.24) is 5.43 Å². The Hall–Kier alpha value is -3.62. The quantitative estimate of drug-likeness (QED) is 0.400. The lowest BCUT2D eigenvalue weighted by molar-refractivity contribution is -0.384. The Bertz CT molecular complexity index is 807. The summed E-state index contributed by atoms with van der Waals surface area (Å²) in [4.78, 5) is 21.8. The van der Waals surface area contributed by atoms with Gasteiger partial charge in [0, 0.05) is 29.4 Å². The van der Waals surface area contributed by atoms with Gasteiger partial charge in [0.25, 0.3) is 11.6 Å². The Morgan fingerprint density at radius 2 is 2.16 bits per heavy atom. The van der Waals surface area contributed by atoms with E-state index in [1.165, 1.54) is 12.1 Å². The maximum absolute atomic E-state index is 11.7. The molecule has 9 nitrogen and oxygen atoms in total. The van der Waals surface area contributed by atoms with E-state index in [1.807, 2.05) is 0 Å². The maximum atomic E-state index is 11.7. The van der Waals surface area contributed by atoms with Crippen LogP contribution in [0.5, 0.6) is 11.5 Å². The molecule has 9 heteroatoms. The molecule has 1 amide bonds. The number of hydrogen-bond acceptors (Lipinski definition) is 7. The zero-order valence-electron chi connectivity index (χ0n) is 13.3. The van der Waals surface area contributed by atoms with Gasteiger partial charge in [-0.05, 0) is 18.2 Å². The second kappa shape index (κ2) is 8.29. The number of nitro groups is 1. The van der Waals surface area contributed by atoms with Gasteiger partial charge in [-0.1, -0.05) is 6.07 Å². The summed E-state index contributed by atoms with van der Waals surface area (Å²) in [5.74, 6) is 0.0478. The number of rotatable bonds is 7. The normalized spacial score (nSPS) is 10.4.